The van der Waals surface area contributed by atoms with E-state index < -0.39 is 0 Å². The van der Waals surface area contributed by atoms with Gasteiger partial charge in [0.05, 0.1) is 0 Å². The largest absolute Gasteiger partial charge is 0.322 e. The van der Waals surface area contributed by atoms with E-state index >= 15 is 0 Å². The summed E-state index contributed by atoms with van der Waals surface area (Å²) in [6.45, 7) is 6.51. The van der Waals surface area contributed by atoms with Crippen molar-refractivity contribution in [3.63, 3.8) is 0 Å². The standard InChI is InChI=1S/C14H24N2/c1-6-11-7-9-12(10-8-11)13(15)14(2,3)16(4)5/h7-10,13H,6,15H2,1-5H3. The Labute approximate surface area is 99.5 Å². The molecule has 2 nitrogen and oxygen atoms in total. The molecule has 0 bridgehead atoms. The Kier molecular flexibility index (Phi) is 4.11. The van der Waals surface area contributed by atoms with Gasteiger partial charge in [-0.1, -0.05) is 31.2 Å². The second kappa shape index (κ2) is 4.98. The average molecular weight is 220 g/mol. The van der Waals surface area contributed by atoms with E-state index in [2.05, 4.69) is 64.0 Å². The fraction of sp³-hybridized carbons (Fsp3) is 0.571. The third kappa shape index (κ3) is 2.63. The van der Waals surface area contributed by atoms with Crippen molar-refractivity contribution in [3.8, 4) is 0 Å². The minimum absolute atomic E-state index is 0.0340. The van der Waals surface area contributed by atoms with Gasteiger partial charge >= 0.3 is 0 Å². The Hall–Kier alpha value is -0.860. The van der Waals surface area contributed by atoms with Gasteiger partial charge in [-0.3, -0.25) is 0 Å². The lowest BCUT2D eigenvalue weighted by atomic mass is 9.88. The first-order chi connectivity index (χ1) is 7.39. The molecule has 1 unspecified atom stereocenters. The average Bonchev–Trinajstić information content (AvgIpc) is 2.28. The predicted molar refractivity (Wildman–Crippen MR) is 70.5 cm³/mol. The van der Waals surface area contributed by atoms with Gasteiger partial charge in [0.2, 0.25) is 0 Å². The summed E-state index contributed by atoms with van der Waals surface area (Å²) in [7, 11) is 4.14. The molecule has 0 aliphatic heterocycles. The van der Waals surface area contributed by atoms with Gasteiger partial charge < -0.3 is 10.6 Å². The summed E-state index contributed by atoms with van der Waals surface area (Å²) in [5.41, 5.74) is 8.85. The molecule has 90 valence electrons. The lowest BCUT2D eigenvalue weighted by Gasteiger charge is -2.38. The molecule has 1 aromatic carbocycles. The highest BCUT2D eigenvalue weighted by atomic mass is 15.2. The van der Waals surface area contributed by atoms with Crippen LogP contribution in [-0.4, -0.2) is 24.5 Å². The van der Waals surface area contributed by atoms with Crippen LogP contribution in [0.2, 0.25) is 0 Å². The molecule has 0 heterocycles. The van der Waals surface area contributed by atoms with Gasteiger partial charge in [-0.2, -0.15) is 0 Å². The molecule has 0 fully saturated rings. The molecule has 0 spiro atoms. The van der Waals surface area contributed by atoms with Gasteiger partial charge in [-0.25, -0.2) is 0 Å². The highest BCUT2D eigenvalue weighted by Gasteiger charge is 2.29. The van der Waals surface area contributed by atoms with Crippen molar-refractivity contribution < 1.29 is 0 Å². The van der Waals surface area contributed by atoms with E-state index in [0.717, 1.165) is 6.42 Å². The second-order valence-corrected chi connectivity index (χ2v) is 5.12. The van der Waals surface area contributed by atoms with E-state index in [1.54, 1.807) is 0 Å². The Morgan fingerprint density at radius 2 is 1.69 bits per heavy atom. The van der Waals surface area contributed by atoms with E-state index in [1.807, 2.05) is 0 Å². The van der Waals surface area contributed by atoms with Crippen LogP contribution >= 0.6 is 0 Å². The highest BCUT2D eigenvalue weighted by molar-refractivity contribution is 5.26. The first-order valence-corrected chi connectivity index (χ1v) is 5.91. The highest BCUT2D eigenvalue weighted by Crippen LogP contribution is 2.27. The Morgan fingerprint density at radius 1 is 1.19 bits per heavy atom. The van der Waals surface area contributed by atoms with Crippen molar-refractivity contribution in [1.82, 2.24) is 4.90 Å². The van der Waals surface area contributed by atoms with Crippen LogP contribution in [0.3, 0.4) is 0 Å². The van der Waals surface area contributed by atoms with E-state index in [1.165, 1.54) is 11.1 Å². The maximum absolute atomic E-state index is 6.32. The first kappa shape index (κ1) is 13.2. The molecule has 1 aromatic rings. The normalized spacial score (nSPS) is 14.2. The summed E-state index contributed by atoms with van der Waals surface area (Å²) in [4.78, 5) is 2.17. The molecule has 2 heteroatoms. The molecule has 0 amide bonds. The Bertz CT molecular complexity index is 325. The zero-order chi connectivity index (χ0) is 12.3. The van der Waals surface area contributed by atoms with E-state index in [-0.39, 0.29) is 11.6 Å². The molecule has 2 N–H and O–H groups in total. The molecule has 16 heavy (non-hydrogen) atoms. The molecule has 0 radical (unpaired) electrons. The summed E-state index contributed by atoms with van der Waals surface area (Å²) in [5, 5.41) is 0. The minimum atomic E-state index is -0.0340. The fourth-order valence-corrected chi connectivity index (χ4v) is 1.65. The van der Waals surface area contributed by atoms with Gasteiger partial charge in [0.1, 0.15) is 0 Å². The summed E-state index contributed by atoms with van der Waals surface area (Å²) in [6, 6.07) is 8.67. The number of likely N-dealkylation sites (N-methyl/N-ethyl adjacent to an activating group) is 1. The van der Waals surface area contributed by atoms with Crippen LogP contribution in [0, 0.1) is 0 Å². The van der Waals surface area contributed by atoms with Gasteiger partial charge in [0, 0.05) is 11.6 Å². The molecule has 1 rings (SSSR count). The van der Waals surface area contributed by atoms with Crippen LogP contribution in [-0.2, 0) is 6.42 Å². The molecular formula is C14H24N2. The Balaban J connectivity index is 2.91. The lowest BCUT2D eigenvalue weighted by molar-refractivity contribution is 0.159. The van der Waals surface area contributed by atoms with Crippen molar-refractivity contribution >= 4 is 0 Å². The molecule has 0 saturated carbocycles. The van der Waals surface area contributed by atoms with Crippen LogP contribution in [0.5, 0.6) is 0 Å². The van der Waals surface area contributed by atoms with Gasteiger partial charge in [0.25, 0.3) is 0 Å². The zero-order valence-electron chi connectivity index (χ0n) is 11.1. The predicted octanol–water partition coefficient (Wildman–Crippen LogP) is 2.59. The van der Waals surface area contributed by atoms with Crippen LogP contribution in [0.15, 0.2) is 24.3 Å². The third-order valence-corrected chi connectivity index (χ3v) is 3.66. The second-order valence-electron chi connectivity index (χ2n) is 5.12. The fourth-order valence-electron chi connectivity index (χ4n) is 1.65. The van der Waals surface area contributed by atoms with Crippen molar-refractivity contribution in [2.75, 3.05) is 14.1 Å². The van der Waals surface area contributed by atoms with Gasteiger partial charge in [0.15, 0.2) is 0 Å². The van der Waals surface area contributed by atoms with Crippen molar-refractivity contribution in [1.29, 1.82) is 0 Å². The number of benzene rings is 1. The maximum atomic E-state index is 6.32. The number of hydrogen-bond acceptors (Lipinski definition) is 2. The molecular weight excluding hydrogens is 196 g/mol. The molecule has 0 aliphatic rings. The summed E-state index contributed by atoms with van der Waals surface area (Å²) >= 11 is 0. The van der Waals surface area contributed by atoms with Crippen LogP contribution in [0.1, 0.15) is 37.9 Å². The summed E-state index contributed by atoms with van der Waals surface area (Å²) in [5.74, 6) is 0. The number of aryl methyl sites for hydroxylation is 1. The van der Waals surface area contributed by atoms with E-state index in [4.69, 9.17) is 5.73 Å². The maximum Gasteiger partial charge on any atom is 0.0476 e. The lowest BCUT2D eigenvalue weighted by Crippen LogP contribution is -2.47. The number of nitrogens with two attached hydrogens (primary N) is 1. The van der Waals surface area contributed by atoms with Crippen LogP contribution < -0.4 is 5.73 Å². The van der Waals surface area contributed by atoms with Gasteiger partial charge in [-0.15, -0.1) is 0 Å². The quantitative estimate of drug-likeness (QED) is 0.845. The Morgan fingerprint density at radius 3 is 2.06 bits per heavy atom. The van der Waals surface area contributed by atoms with Crippen molar-refractivity contribution in [2.24, 2.45) is 5.73 Å². The monoisotopic (exact) mass is 220 g/mol. The topological polar surface area (TPSA) is 29.3 Å². The number of nitrogens with zero attached hydrogens (tertiary/aromatic N) is 1. The van der Waals surface area contributed by atoms with Crippen LogP contribution in [0.25, 0.3) is 0 Å². The third-order valence-electron chi connectivity index (χ3n) is 3.66. The number of hydrogen-bond donors (Lipinski definition) is 1. The molecule has 1 atom stereocenters. The smallest absolute Gasteiger partial charge is 0.0476 e. The van der Waals surface area contributed by atoms with E-state index in [9.17, 15) is 0 Å². The number of rotatable bonds is 4. The van der Waals surface area contributed by atoms with Gasteiger partial charge in [-0.05, 0) is 45.5 Å². The molecule has 0 aliphatic carbocycles. The summed E-state index contributed by atoms with van der Waals surface area (Å²) < 4.78 is 0. The minimum Gasteiger partial charge on any atom is -0.322 e. The SMILES string of the molecule is CCc1ccc(C(N)C(C)(C)N(C)C)cc1. The zero-order valence-corrected chi connectivity index (χ0v) is 11.1. The van der Waals surface area contributed by atoms with Crippen molar-refractivity contribution in [3.05, 3.63) is 35.4 Å². The first-order valence-electron chi connectivity index (χ1n) is 5.91. The van der Waals surface area contributed by atoms with E-state index in [0.29, 0.717) is 0 Å². The van der Waals surface area contributed by atoms with Crippen molar-refractivity contribution in [2.45, 2.75) is 38.8 Å². The van der Waals surface area contributed by atoms with Crippen LogP contribution in [0.4, 0.5) is 0 Å². The summed E-state index contributed by atoms with van der Waals surface area (Å²) in [6.07, 6.45) is 1.08. The molecule has 0 aromatic heterocycles. The molecule has 0 saturated heterocycles.